The first kappa shape index (κ1) is 12.0. The van der Waals surface area contributed by atoms with Gasteiger partial charge in [0, 0.05) is 18.9 Å². The number of nitrogens with zero attached hydrogens (tertiary/aromatic N) is 4. The Kier molecular flexibility index (Phi) is 2.87. The average Bonchev–Trinajstić information content (AvgIpc) is 3.00. The molecular formula is C12H12ClN5O. The average molecular weight is 278 g/mol. The van der Waals surface area contributed by atoms with Crippen LogP contribution in [-0.2, 0) is 6.54 Å². The normalized spacial score (nSPS) is 11.3. The number of aromatic nitrogens is 5. The van der Waals surface area contributed by atoms with Crippen LogP contribution < -0.4 is 5.69 Å². The molecule has 0 bridgehead atoms. The van der Waals surface area contributed by atoms with Gasteiger partial charge in [-0.3, -0.25) is 9.55 Å². The number of H-pyrrole nitrogens is 1. The van der Waals surface area contributed by atoms with Gasteiger partial charge in [0.05, 0.1) is 11.2 Å². The Morgan fingerprint density at radius 3 is 3.00 bits per heavy atom. The summed E-state index contributed by atoms with van der Waals surface area (Å²) in [5.41, 5.74) is 1.69. The lowest BCUT2D eigenvalue weighted by molar-refractivity contribution is 0.672. The summed E-state index contributed by atoms with van der Waals surface area (Å²) >= 11 is 6.22. The van der Waals surface area contributed by atoms with E-state index in [1.807, 2.05) is 6.92 Å². The van der Waals surface area contributed by atoms with Gasteiger partial charge in [-0.2, -0.15) is 5.10 Å². The van der Waals surface area contributed by atoms with Crippen LogP contribution in [-0.4, -0.2) is 24.3 Å². The van der Waals surface area contributed by atoms with Crippen LogP contribution in [0, 0.1) is 0 Å². The summed E-state index contributed by atoms with van der Waals surface area (Å²) in [4.78, 5) is 18.9. The van der Waals surface area contributed by atoms with E-state index >= 15 is 0 Å². The molecule has 0 radical (unpaired) electrons. The molecule has 1 N–H and O–H groups in total. The van der Waals surface area contributed by atoms with Crippen molar-refractivity contribution in [1.82, 2.24) is 24.3 Å². The van der Waals surface area contributed by atoms with E-state index in [0.29, 0.717) is 28.4 Å². The molecule has 19 heavy (non-hydrogen) atoms. The van der Waals surface area contributed by atoms with Gasteiger partial charge in [0.2, 0.25) is 0 Å². The van der Waals surface area contributed by atoms with Crippen molar-refractivity contribution in [2.24, 2.45) is 0 Å². The number of rotatable bonds is 3. The molecule has 0 spiro atoms. The van der Waals surface area contributed by atoms with Crippen LogP contribution in [0.2, 0.25) is 5.02 Å². The number of pyridine rings is 1. The molecule has 0 aliphatic rings. The monoisotopic (exact) mass is 277 g/mol. The third-order valence-electron chi connectivity index (χ3n) is 2.90. The molecule has 0 aliphatic heterocycles. The SMILES string of the molecule is CCCn1c(=O)[nH]c2ncc(Cl)c(-n3cccn3)c21. The predicted octanol–water partition coefficient (Wildman–Crippen LogP) is 1.97. The van der Waals surface area contributed by atoms with Gasteiger partial charge in [-0.05, 0) is 12.5 Å². The number of imidazole rings is 1. The summed E-state index contributed by atoms with van der Waals surface area (Å²) in [6.45, 7) is 2.62. The van der Waals surface area contributed by atoms with Gasteiger partial charge >= 0.3 is 5.69 Å². The molecule has 3 heterocycles. The third-order valence-corrected chi connectivity index (χ3v) is 3.18. The van der Waals surface area contributed by atoms with Crippen molar-refractivity contribution in [2.75, 3.05) is 0 Å². The molecule has 0 atom stereocenters. The van der Waals surface area contributed by atoms with E-state index in [4.69, 9.17) is 11.6 Å². The molecule has 0 aliphatic carbocycles. The fourth-order valence-corrected chi connectivity index (χ4v) is 2.37. The van der Waals surface area contributed by atoms with Gasteiger partial charge in [-0.1, -0.05) is 18.5 Å². The Morgan fingerprint density at radius 2 is 2.32 bits per heavy atom. The topological polar surface area (TPSA) is 68.5 Å². The molecule has 0 aromatic carbocycles. The second-order valence-electron chi connectivity index (χ2n) is 4.18. The molecule has 3 aromatic rings. The van der Waals surface area contributed by atoms with Crippen molar-refractivity contribution in [3.63, 3.8) is 0 Å². The van der Waals surface area contributed by atoms with Crippen LogP contribution in [0.5, 0.6) is 0 Å². The van der Waals surface area contributed by atoms with E-state index < -0.39 is 0 Å². The quantitative estimate of drug-likeness (QED) is 0.796. The van der Waals surface area contributed by atoms with Crippen LogP contribution in [0.15, 0.2) is 29.5 Å². The third kappa shape index (κ3) is 1.84. The lowest BCUT2D eigenvalue weighted by Crippen LogP contribution is -2.17. The number of hydrogen-bond donors (Lipinski definition) is 1. The minimum Gasteiger partial charge on any atom is -0.290 e. The minimum absolute atomic E-state index is 0.181. The van der Waals surface area contributed by atoms with Crippen LogP contribution in [0.1, 0.15) is 13.3 Å². The second kappa shape index (κ2) is 4.55. The molecule has 3 rings (SSSR count). The summed E-state index contributed by atoms with van der Waals surface area (Å²) in [6, 6.07) is 1.80. The van der Waals surface area contributed by atoms with Gasteiger partial charge in [0.15, 0.2) is 5.65 Å². The summed E-state index contributed by atoms with van der Waals surface area (Å²) < 4.78 is 3.29. The fourth-order valence-electron chi connectivity index (χ4n) is 2.14. The molecule has 3 aromatic heterocycles. The standard InChI is InChI=1S/C12H12ClN5O/c1-2-5-17-10-9(18-6-3-4-15-18)8(13)7-14-11(10)16-12(17)19/h3-4,6-7H,2,5H2,1H3,(H,14,16,19). The highest BCUT2D eigenvalue weighted by Crippen LogP contribution is 2.26. The van der Waals surface area contributed by atoms with Crippen molar-refractivity contribution in [3.05, 3.63) is 40.2 Å². The van der Waals surface area contributed by atoms with E-state index in [-0.39, 0.29) is 5.69 Å². The Hall–Kier alpha value is -2.08. The highest BCUT2D eigenvalue weighted by atomic mass is 35.5. The van der Waals surface area contributed by atoms with Crippen LogP contribution in [0.4, 0.5) is 0 Å². The van der Waals surface area contributed by atoms with Gasteiger partial charge in [0.1, 0.15) is 11.2 Å². The maximum Gasteiger partial charge on any atom is 0.327 e. The fraction of sp³-hybridized carbons (Fsp3) is 0.250. The number of fused-ring (bicyclic) bond motifs is 1. The van der Waals surface area contributed by atoms with Crippen molar-refractivity contribution < 1.29 is 0 Å². The number of aryl methyl sites for hydroxylation is 1. The van der Waals surface area contributed by atoms with Crippen molar-refractivity contribution in [1.29, 1.82) is 0 Å². The van der Waals surface area contributed by atoms with Crippen molar-refractivity contribution in [2.45, 2.75) is 19.9 Å². The number of halogens is 1. The summed E-state index contributed by atoms with van der Waals surface area (Å²) in [7, 11) is 0. The molecule has 7 heteroatoms. The minimum atomic E-state index is -0.181. The molecule has 0 fully saturated rings. The molecule has 6 nitrogen and oxygen atoms in total. The van der Waals surface area contributed by atoms with Gasteiger partial charge in [-0.25, -0.2) is 14.5 Å². The first-order valence-electron chi connectivity index (χ1n) is 5.99. The van der Waals surface area contributed by atoms with Crippen LogP contribution in [0.25, 0.3) is 16.9 Å². The molecule has 98 valence electrons. The highest BCUT2D eigenvalue weighted by molar-refractivity contribution is 6.33. The van der Waals surface area contributed by atoms with E-state index in [2.05, 4.69) is 15.1 Å². The van der Waals surface area contributed by atoms with Gasteiger partial charge in [0.25, 0.3) is 0 Å². The lowest BCUT2D eigenvalue weighted by atomic mass is 10.3. The van der Waals surface area contributed by atoms with Crippen LogP contribution in [0.3, 0.4) is 0 Å². The largest absolute Gasteiger partial charge is 0.327 e. The zero-order chi connectivity index (χ0) is 13.4. The van der Waals surface area contributed by atoms with Gasteiger partial charge in [-0.15, -0.1) is 0 Å². The van der Waals surface area contributed by atoms with Crippen LogP contribution >= 0.6 is 11.6 Å². The maximum atomic E-state index is 12.0. The smallest absolute Gasteiger partial charge is 0.290 e. The zero-order valence-electron chi connectivity index (χ0n) is 10.3. The number of hydrogen-bond acceptors (Lipinski definition) is 3. The Labute approximate surface area is 113 Å². The number of nitrogens with one attached hydrogen (secondary N) is 1. The van der Waals surface area contributed by atoms with Gasteiger partial charge < -0.3 is 0 Å². The summed E-state index contributed by atoms with van der Waals surface area (Å²) in [6.07, 6.45) is 5.82. The summed E-state index contributed by atoms with van der Waals surface area (Å²) in [5.74, 6) is 0. The second-order valence-corrected chi connectivity index (χ2v) is 4.59. The Balaban J connectivity index is 2.42. The molecule has 0 amide bonds. The molecule has 0 saturated heterocycles. The summed E-state index contributed by atoms with van der Waals surface area (Å²) in [5, 5.41) is 4.64. The molecular weight excluding hydrogens is 266 g/mol. The van der Waals surface area contributed by atoms with E-state index in [1.165, 1.54) is 6.20 Å². The Bertz CT molecular complexity index is 771. The van der Waals surface area contributed by atoms with Crippen molar-refractivity contribution in [3.8, 4) is 5.69 Å². The predicted molar refractivity (Wildman–Crippen MR) is 72.8 cm³/mol. The molecule has 0 unspecified atom stereocenters. The van der Waals surface area contributed by atoms with E-state index in [0.717, 1.165) is 6.42 Å². The molecule has 0 saturated carbocycles. The number of aromatic amines is 1. The lowest BCUT2D eigenvalue weighted by Gasteiger charge is -2.08. The maximum absolute atomic E-state index is 12.0. The first-order chi connectivity index (χ1) is 9.22. The zero-order valence-corrected chi connectivity index (χ0v) is 11.1. The highest BCUT2D eigenvalue weighted by Gasteiger charge is 2.16. The first-order valence-corrected chi connectivity index (χ1v) is 6.37. The van der Waals surface area contributed by atoms with Crippen molar-refractivity contribution >= 4 is 22.8 Å². The Morgan fingerprint density at radius 1 is 1.47 bits per heavy atom. The van der Waals surface area contributed by atoms with E-state index in [1.54, 1.807) is 27.7 Å². The van der Waals surface area contributed by atoms with E-state index in [9.17, 15) is 4.79 Å².